The Morgan fingerprint density at radius 2 is 2.08 bits per heavy atom. The molecule has 0 spiro atoms. The number of carbonyl (C=O) groups excluding carboxylic acids is 1. The number of aryl methyl sites for hydroxylation is 1. The van der Waals surface area contributed by atoms with Crippen LogP contribution in [0.4, 0.5) is 0 Å². The highest BCUT2D eigenvalue weighted by atomic mass is 16.1. The van der Waals surface area contributed by atoms with Crippen molar-refractivity contribution in [3.8, 4) is 0 Å². The van der Waals surface area contributed by atoms with Gasteiger partial charge in [0.05, 0.1) is 0 Å². The van der Waals surface area contributed by atoms with E-state index < -0.39 is 5.91 Å². The first-order chi connectivity index (χ1) is 6.16. The van der Waals surface area contributed by atoms with Gasteiger partial charge in [0.2, 0.25) is 5.91 Å². The maximum absolute atomic E-state index is 10.9. The zero-order chi connectivity index (χ0) is 9.84. The summed E-state index contributed by atoms with van der Waals surface area (Å²) in [5.74, 6) is -0.457. The van der Waals surface area contributed by atoms with Crippen LogP contribution in [0.3, 0.4) is 0 Å². The third-order valence-electron chi connectivity index (χ3n) is 2.02. The van der Waals surface area contributed by atoms with Gasteiger partial charge in [-0.2, -0.15) is 0 Å². The quantitative estimate of drug-likeness (QED) is 0.699. The Morgan fingerprint density at radius 3 is 2.62 bits per heavy atom. The van der Waals surface area contributed by atoms with Crippen LogP contribution in [0, 0.1) is 0 Å². The van der Waals surface area contributed by atoms with Crippen molar-refractivity contribution in [3.05, 3.63) is 42.0 Å². The summed E-state index contributed by atoms with van der Waals surface area (Å²) in [6.45, 7) is 5.69. The topological polar surface area (TPSA) is 43.1 Å². The zero-order valence-electron chi connectivity index (χ0n) is 7.71. The summed E-state index contributed by atoms with van der Waals surface area (Å²) in [6.07, 6.45) is 0.877. The molecule has 1 aromatic rings. The van der Waals surface area contributed by atoms with Gasteiger partial charge in [-0.3, -0.25) is 4.79 Å². The van der Waals surface area contributed by atoms with Gasteiger partial charge < -0.3 is 5.73 Å². The largest absolute Gasteiger partial charge is 0.366 e. The van der Waals surface area contributed by atoms with E-state index in [9.17, 15) is 4.79 Å². The van der Waals surface area contributed by atoms with E-state index in [1.54, 1.807) is 0 Å². The molecule has 0 radical (unpaired) electrons. The van der Waals surface area contributed by atoms with Crippen molar-refractivity contribution in [2.75, 3.05) is 0 Å². The molecule has 0 aromatic heterocycles. The second-order valence-corrected chi connectivity index (χ2v) is 2.85. The van der Waals surface area contributed by atoms with Crippen LogP contribution >= 0.6 is 0 Å². The van der Waals surface area contributed by atoms with Crippen LogP contribution in [0.5, 0.6) is 0 Å². The standard InChI is InChI=1S/C11H13NO/c1-3-9-6-4-5-7-10(9)8(2)11(12)13/h4-7H,2-3H2,1H3,(H2,12,13). The van der Waals surface area contributed by atoms with Crippen LogP contribution < -0.4 is 5.73 Å². The summed E-state index contributed by atoms with van der Waals surface area (Å²) in [7, 11) is 0. The Morgan fingerprint density at radius 1 is 1.46 bits per heavy atom. The lowest BCUT2D eigenvalue weighted by atomic mass is 9.99. The first-order valence-electron chi connectivity index (χ1n) is 4.23. The number of amides is 1. The Balaban J connectivity index is 3.13. The normalized spacial score (nSPS) is 9.62. The van der Waals surface area contributed by atoms with E-state index in [0.717, 1.165) is 17.5 Å². The van der Waals surface area contributed by atoms with E-state index >= 15 is 0 Å². The molecule has 0 aliphatic heterocycles. The van der Waals surface area contributed by atoms with E-state index in [-0.39, 0.29) is 0 Å². The monoisotopic (exact) mass is 175 g/mol. The molecule has 0 atom stereocenters. The third-order valence-corrected chi connectivity index (χ3v) is 2.02. The van der Waals surface area contributed by atoms with Crippen LogP contribution in [-0.4, -0.2) is 5.91 Å². The van der Waals surface area contributed by atoms with Gasteiger partial charge in [-0.1, -0.05) is 37.8 Å². The van der Waals surface area contributed by atoms with Crippen molar-refractivity contribution >= 4 is 11.5 Å². The molecule has 0 heterocycles. The van der Waals surface area contributed by atoms with Gasteiger partial charge in [-0.15, -0.1) is 0 Å². The highest BCUT2D eigenvalue weighted by Gasteiger charge is 2.07. The van der Waals surface area contributed by atoms with Crippen molar-refractivity contribution in [1.82, 2.24) is 0 Å². The maximum Gasteiger partial charge on any atom is 0.248 e. The Hall–Kier alpha value is -1.57. The molecule has 0 unspecified atom stereocenters. The Kier molecular flexibility index (Phi) is 2.85. The fourth-order valence-corrected chi connectivity index (χ4v) is 1.26. The second kappa shape index (κ2) is 3.90. The van der Waals surface area contributed by atoms with E-state index in [2.05, 4.69) is 6.58 Å². The summed E-state index contributed by atoms with van der Waals surface area (Å²) < 4.78 is 0. The molecule has 68 valence electrons. The summed E-state index contributed by atoms with van der Waals surface area (Å²) in [4.78, 5) is 10.9. The van der Waals surface area contributed by atoms with Gasteiger partial charge in [-0.05, 0) is 17.5 Å². The highest BCUT2D eigenvalue weighted by Crippen LogP contribution is 2.17. The number of hydrogen-bond donors (Lipinski definition) is 1. The van der Waals surface area contributed by atoms with Gasteiger partial charge in [0.15, 0.2) is 0 Å². The van der Waals surface area contributed by atoms with Gasteiger partial charge in [0, 0.05) is 5.57 Å². The van der Waals surface area contributed by atoms with Gasteiger partial charge in [-0.25, -0.2) is 0 Å². The molecule has 2 N–H and O–H groups in total. The van der Waals surface area contributed by atoms with Crippen LogP contribution in [0.25, 0.3) is 5.57 Å². The molecule has 0 aliphatic carbocycles. The predicted octanol–water partition coefficient (Wildman–Crippen LogP) is 1.75. The average molecular weight is 175 g/mol. The van der Waals surface area contributed by atoms with E-state index in [0.29, 0.717) is 5.57 Å². The minimum atomic E-state index is -0.457. The van der Waals surface area contributed by atoms with Gasteiger partial charge in [0.25, 0.3) is 0 Å². The number of carbonyl (C=O) groups is 1. The lowest BCUT2D eigenvalue weighted by Gasteiger charge is -2.06. The molecule has 13 heavy (non-hydrogen) atoms. The number of nitrogens with two attached hydrogens (primary N) is 1. The summed E-state index contributed by atoms with van der Waals surface area (Å²) in [6, 6.07) is 7.66. The fourth-order valence-electron chi connectivity index (χ4n) is 1.26. The van der Waals surface area contributed by atoms with Gasteiger partial charge >= 0.3 is 0 Å². The van der Waals surface area contributed by atoms with Crippen LogP contribution in [-0.2, 0) is 11.2 Å². The van der Waals surface area contributed by atoms with Crippen LogP contribution in [0.15, 0.2) is 30.8 Å². The van der Waals surface area contributed by atoms with Crippen molar-refractivity contribution in [2.24, 2.45) is 5.73 Å². The van der Waals surface area contributed by atoms with E-state index in [4.69, 9.17) is 5.73 Å². The lowest BCUT2D eigenvalue weighted by Crippen LogP contribution is -2.12. The van der Waals surface area contributed by atoms with E-state index in [1.165, 1.54) is 0 Å². The first-order valence-corrected chi connectivity index (χ1v) is 4.23. The molecule has 0 saturated carbocycles. The SMILES string of the molecule is C=C(C(N)=O)c1ccccc1CC. The van der Waals surface area contributed by atoms with E-state index in [1.807, 2.05) is 31.2 Å². The number of primary amides is 1. The molecule has 2 nitrogen and oxygen atoms in total. The molecular weight excluding hydrogens is 162 g/mol. The minimum absolute atomic E-state index is 0.387. The van der Waals surface area contributed by atoms with Crippen LogP contribution in [0.2, 0.25) is 0 Å². The Labute approximate surface area is 78.1 Å². The summed E-state index contributed by atoms with van der Waals surface area (Å²) >= 11 is 0. The van der Waals surface area contributed by atoms with Crippen molar-refractivity contribution in [1.29, 1.82) is 0 Å². The number of rotatable bonds is 3. The number of benzene rings is 1. The summed E-state index contributed by atoms with van der Waals surface area (Å²) in [5, 5.41) is 0. The molecule has 0 aliphatic rings. The van der Waals surface area contributed by atoms with Crippen molar-refractivity contribution < 1.29 is 4.79 Å². The zero-order valence-corrected chi connectivity index (χ0v) is 7.71. The van der Waals surface area contributed by atoms with Crippen molar-refractivity contribution in [3.63, 3.8) is 0 Å². The molecule has 0 saturated heterocycles. The molecule has 0 fully saturated rings. The predicted molar refractivity (Wildman–Crippen MR) is 54.0 cm³/mol. The first kappa shape index (κ1) is 9.52. The van der Waals surface area contributed by atoms with Crippen LogP contribution in [0.1, 0.15) is 18.1 Å². The fraction of sp³-hybridized carbons (Fsp3) is 0.182. The van der Waals surface area contributed by atoms with Gasteiger partial charge in [0.1, 0.15) is 0 Å². The van der Waals surface area contributed by atoms with Crippen molar-refractivity contribution in [2.45, 2.75) is 13.3 Å². The number of hydrogen-bond acceptors (Lipinski definition) is 1. The Bertz CT molecular complexity index is 342. The summed E-state index contributed by atoms with van der Waals surface area (Å²) in [5.41, 5.74) is 7.50. The molecular formula is C11H13NO. The molecule has 1 aromatic carbocycles. The molecule has 1 amide bonds. The molecule has 2 heteroatoms. The molecule has 0 bridgehead atoms. The maximum atomic E-state index is 10.9. The lowest BCUT2D eigenvalue weighted by molar-refractivity contribution is -0.112. The molecule has 1 rings (SSSR count). The average Bonchev–Trinajstić information content (AvgIpc) is 2.16. The highest BCUT2D eigenvalue weighted by molar-refractivity contribution is 6.18. The third kappa shape index (κ3) is 1.96. The second-order valence-electron chi connectivity index (χ2n) is 2.85. The smallest absolute Gasteiger partial charge is 0.248 e. The minimum Gasteiger partial charge on any atom is -0.366 e.